The Balaban J connectivity index is 0.000000222. The van der Waals surface area contributed by atoms with E-state index in [9.17, 15) is 108 Å². The maximum absolute atomic E-state index is 14.0. The summed E-state index contributed by atoms with van der Waals surface area (Å²) < 4.78 is 317. The van der Waals surface area contributed by atoms with Crippen molar-refractivity contribution in [3.05, 3.63) is 182 Å². The van der Waals surface area contributed by atoms with Crippen molar-refractivity contribution >= 4 is 72.0 Å². The van der Waals surface area contributed by atoms with Gasteiger partial charge in [-0.05, 0) is 79.8 Å². The van der Waals surface area contributed by atoms with Gasteiger partial charge >= 0.3 is 58.5 Å². The van der Waals surface area contributed by atoms with Gasteiger partial charge in [0.1, 0.15) is 0 Å². The molecular weight excluding hydrogens is 1380 g/mol. The Hall–Kier alpha value is -5.52. The molecule has 0 spiro atoms. The number of hydrogen-bond donors (Lipinski definition) is 3. The van der Waals surface area contributed by atoms with Gasteiger partial charge in [-0.1, -0.05) is 113 Å². The SMILES string of the molecule is CN1CCN(S(=O)(=O)C(F)(F)C(F)(F)C(F)(F)S(=O)(=O)NS(=O)(=O)C(F)(F)F)CC1.O=S(=O)(O)C(F)(F)C(F)(F)C(F)(F)S(=O)(=O)N1CCNCC1.c1ccc([S+](c2ccccc2)c2ccccc2)cc1.c1ccc([S+](c2ccccc2)c2ccccc2)cc1. The minimum atomic E-state index is -7.75. The maximum atomic E-state index is 14.0. The van der Waals surface area contributed by atoms with Crippen molar-refractivity contribution in [1.82, 2.24) is 23.0 Å². The number of likely N-dealkylation sites (N-methyl/N-ethyl adjacent to an activating group) is 1. The molecule has 6 aromatic carbocycles. The molecule has 0 atom stereocenters. The molecule has 0 bridgehead atoms. The molecule has 2 heterocycles. The Bertz CT molecular complexity index is 3570. The fourth-order valence-corrected chi connectivity index (χ4v) is 17.7. The van der Waals surface area contributed by atoms with Gasteiger partial charge in [0.05, 0.1) is 21.8 Å². The molecule has 0 aromatic heterocycles. The van der Waals surface area contributed by atoms with E-state index in [1.165, 1.54) is 41.3 Å². The Kier molecular flexibility index (Phi) is 24.4. The largest absolute Gasteiger partial charge is 0.512 e. The van der Waals surface area contributed by atoms with Crippen LogP contribution in [0.1, 0.15) is 0 Å². The lowest BCUT2D eigenvalue weighted by Gasteiger charge is -2.37. The fraction of sp³-hybridized carbons (Fsp3) is 0.308. The van der Waals surface area contributed by atoms with Crippen LogP contribution in [0.25, 0.3) is 0 Å². The lowest BCUT2D eigenvalue weighted by Crippen LogP contribution is -2.66. The standard InChI is InChI=1S/2C18H15S.C9H12F9N3O6S3.C7H10F6N2O5S2/c2*1-4-10-16(11-5-1)19(17-12-6-2-7-13-17)18-14-8-3-9-15-18;1-20-2-4-21(5-3-20)30(26,27)8(14,15)6(10,11)7(12,13)28(22,23)19-29(24,25)9(16,17)18;8-5(9,7(12,13)22(18,19)20)6(10,11)21(16,17)15-3-1-14-2-4-15/h2*1-15H;19H,2-5H2,1H3;14H,1-4H2,(H,18,19,20)/q2*+1;;. The highest BCUT2D eigenvalue weighted by atomic mass is 32.3. The summed E-state index contributed by atoms with van der Waals surface area (Å²) in [5.41, 5.74) is -6.61. The molecule has 0 amide bonds. The van der Waals surface area contributed by atoms with Gasteiger partial charge in [0, 0.05) is 52.4 Å². The summed E-state index contributed by atoms with van der Waals surface area (Å²) in [6.45, 7) is -4.18. The predicted molar refractivity (Wildman–Crippen MR) is 303 cm³/mol. The second-order valence-corrected chi connectivity index (χ2v) is 31.7. The smallest absolute Gasteiger partial charge is 0.314 e. The van der Waals surface area contributed by atoms with Gasteiger partial charge in [-0.15, -0.1) is 0 Å². The zero-order chi connectivity index (χ0) is 67.6. The van der Waals surface area contributed by atoms with E-state index >= 15 is 0 Å². The average Bonchev–Trinajstić information content (AvgIpc) is 0.726. The third-order valence-electron chi connectivity index (χ3n) is 12.4. The van der Waals surface area contributed by atoms with Crippen LogP contribution >= 0.6 is 0 Å². The van der Waals surface area contributed by atoms with Crippen molar-refractivity contribution in [2.45, 2.75) is 67.7 Å². The van der Waals surface area contributed by atoms with Crippen LogP contribution in [0.4, 0.5) is 65.9 Å². The number of nitrogens with zero attached hydrogens (tertiary/aromatic N) is 3. The number of sulfonamides is 4. The van der Waals surface area contributed by atoms with Crippen LogP contribution in [0, 0.1) is 0 Å². The first-order valence-corrected chi connectivity index (χ1v) is 35.0. The zero-order valence-corrected chi connectivity index (χ0v) is 51.6. The first-order valence-electron chi connectivity index (χ1n) is 25.2. The molecule has 8 rings (SSSR count). The van der Waals surface area contributed by atoms with E-state index in [2.05, 4.69) is 187 Å². The molecule has 496 valence electrons. The number of alkyl halides is 15. The van der Waals surface area contributed by atoms with Crippen molar-refractivity contribution in [2.24, 2.45) is 0 Å². The Labute approximate surface area is 513 Å². The van der Waals surface area contributed by atoms with Gasteiger partial charge in [-0.2, -0.15) is 82.9 Å². The number of nitrogens with one attached hydrogen (secondary N) is 2. The van der Waals surface area contributed by atoms with Crippen LogP contribution in [0.2, 0.25) is 0 Å². The monoisotopic (exact) mass is 1430 g/mol. The number of rotatable bonds is 18. The lowest BCUT2D eigenvalue weighted by molar-refractivity contribution is -0.246. The van der Waals surface area contributed by atoms with Gasteiger partial charge < -0.3 is 10.2 Å². The highest BCUT2D eigenvalue weighted by molar-refractivity contribution is 8.05. The van der Waals surface area contributed by atoms with Crippen molar-refractivity contribution in [2.75, 3.05) is 59.4 Å². The Morgan fingerprint density at radius 2 is 0.611 bits per heavy atom. The van der Waals surface area contributed by atoms with E-state index in [0.717, 1.165) is 0 Å². The first kappa shape index (κ1) is 75.2. The number of hydrogen-bond acceptors (Lipinski definition) is 12. The predicted octanol–water partition coefficient (Wildman–Crippen LogP) is 9.65. The third kappa shape index (κ3) is 16.3. The van der Waals surface area contributed by atoms with Gasteiger partial charge in [0.25, 0.3) is 30.1 Å². The van der Waals surface area contributed by atoms with Crippen molar-refractivity contribution < 1.29 is 112 Å². The van der Waals surface area contributed by atoms with Gasteiger partial charge in [-0.3, -0.25) is 4.55 Å². The molecule has 0 radical (unpaired) electrons. The molecule has 16 nitrogen and oxygen atoms in total. The van der Waals surface area contributed by atoms with Crippen LogP contribution in [0.3, 0.4) is 0 Å². The summed E-state index contributed by atoms with van der Waals surface area (Å²) in [5.74, 6) is -14.3. The summed E-state index contributed by atoms with van der Waals surface area (Å²) in [5, 5.41) is -24.8. The van der Waals surface area contributed by atoms with E-state index in [4.69, 9.17) is 4.55 Å². The summed E-state index contributed by atoms with van der Waals surface area (Å²) in [6, 6.07) is 64.3. The molecular formula is C52H52F15N5O11S7+2. The van der Waals surface area contributed by atoms with E-state index in [0.29, 0.717) is 0 Å². The van der Waals surface area contributed by atoms with Gasteiger partial charge in [0.2, 0.25) is 0 Å². The number of halogens is 15. The molecule has 2 aliphatic rings. The molecule has 0 saturated carbocycles. The topological polar surface area (TPSA) is 225 Å². The molecule has 0 unspecified atom stereocenters. The van der Waals surface area contributed by atoms with Crippen LogP contribution in [-0.2, 0) is 72.0 Å². The van der Waals surface area contributed by atoms with Crippen LogP contribution in [0.5, 0.6) is 0 Å². The second kappa shape index (κ2) is 29.2. The van der Waals surface area contributed by atoms with Crippen LogP contribution in [-0.4, -0.2) is 158 Å². The minimum Gasteiger partial charge on any atom is -0.314 e. The summed E-state index contributed by atoms with van der Waals surface area (Å²) in [4.78, 5) is 9.51. The van der Waals surface area contributed by atoms with E-state index in [1.807, 2.05) is 0 Å². The third-order valence-corrected chi connectivity index (χ3v) is 24.9. The highest BCUT2D eigenvalue weighted by Crippen LogP contribution is 2.53. The van der Waals surface area contributed by atoms with E-state index < -0.39 is 119 Å². The molecule has 2 saturated heterocycles. The Morgan fingerprint density at radius 3 is 0.856 bits per heavy atom. The van der Waals surface area contributed by atoms with Crippen molar-refractivity contribution in [3.63, 3.8) is 0 Å². The molecule has 2 aliphatic heterocycles. The van der Waals surface area contributed by atoms with E-state index in [-0.39, 0.29) is 56.6 Å². The summed E-state index contributed by atoms with van der Waals surface area (Å²) >= 11 is 0. The van der Waals surface area contributed by atoms with Gasteiger partial charge in [-0.25, -0.2) is 33.7 Å². The van der Waals surface area contributed by atoms with Crippen LogP contribution in [0.15, 0.2) is 211 Å². The maximum Gasteiger partial charge on any atom is 0.512 e. The van der Waals surface area contributed by atoms with Gasteiger partial charge in [0.15, 0.2) is 29.4 Å². The molecule has 0 aliphatic carbocycles. The second-order valence-electron chi connectivity index (χ2n) is 18.6. The molecule has 3 N–H and O–H groups in total. The van der Waals surface area contributed by atoms with E-state index in [1.54, 1.807) is 0 Å². The minimum absolute atomic E-state index is 0.0146. The fourth-order valence-electron chi connectivity index (χ4n) is 7.63. The Morgan fingerprint density at radius 1 is 0.367 bits per heavy atom. The van der Waals surface area contributed by atoms with Crippen molar-refractivity contribution in [3.8, 4) is 0 Å². The molecule has 2 fully saturated rings. The summed E-state index contributed by atoms with van der Waals surface area (Å²) in [7, 11) is -33.7. The van der Waals surface area contributed by atoms with Crippen LogP contribution < -0.4 is 9.44 Å². The highest BCUT2D eigenvalue weighted by Gasteiger charge is 2.84. The first-order chi connectivity index (χ1) is 41.5. The molecule has 90 heavy (non-hydrogen) atoms. The average molecular weight is 1430 g/mol. The number of piperazine rings is 2. The molecule has 6 aromatic rings. The summed E-state index contributed by atoms with van der Waals surface area (Å²) in [6.07, 6.45) is 0. The quantitative estimate of drug-likeness (QED) is 0.0415. The lowest BCUT2D eigenvalue weighted by atomic mass is 10.3. The molecule has 38 heteroatoms. The zero-order valence-electron chi connectivity index (χ0n) is 45.9. The van der Waals surface area contributed by atoms with Crippen molar-refractivity contribution in [1.29, 1.82) is 0 Å². The normalized spacial score (nSPS) is 16.0. The number of benzene rings is 6.